The van der Waals surface area contributed by atoms with Crippen LogP contribution in [-0.2, 0) is 10.0 Å². The van der Waals surface area contributed by atoms with E-state index in [0.29, 0.717) is 5.56 Å². The summed E-state index contributed by atoms with van der Waals surface area (Å²) < 4.78 is 26.1. The van der Waals surface area contributed by atoms with Gasteiger partial charge in [0.25, 0.3) is 5.69 Å². The van der Waals surface area contributed by atoms with Gasteiger partial charge in [-0.3, -0.25) is 10.1 Å². The summed E-state index contributed by atoms with van der Waals surface area (Å²) in [6.07, 6.45) is 0. The molecule has 0 aliphatic carbocycles. The molecule has 100 valence electrons. The molecular weight excluding hydrogens is 260 g/mol. The molecular formula is C10H14N2O5S. The minimum Gasteiger partial charge on any atom is -0.395 e. The molecule has 0 bridgehead atoms. The summed E-state index contributed by atoms with van der Waals surface area (Å²) in [5.74, 6) is 0. The number of non-ortho nitro benzene ring substituents is 1. The Kier molecular flexibility index (Phi) is 4.38. The van der Waals surface area contributed by atoms with Gasteiger partial charge in [0.1, 0.15) is 0 Å². The van der Waals surface area contributed by atoms with Gasteiger partial charge in [-0.25, -0.2) is 13.1 Å². The van der Waals surface area contributed by atoms with Crippen molar-refractivity contribution in [2.75, 3.05) is 6.61 Å². The minimum absolute atomic E-state index is 0.156. The number of rotatable bonds is 5. The molecule has 0 radical (unpaired) electrons. The topological polar surface area (TPSA) is 110 Å². The third kappa shape index (κ3) is 3.25. The highest BCUT2D eigenvalue weighted by Gasteiger charge is 2.21. The fourth-order valence-corrected chi connectivity index (χ4v) is 2.86. The second kappa shape index (κ2) is 5.42. The SMILES string of the molecule is Cc1ccc([N+](=O)[O-])cc1S(=O)(=O)N[C@H](C)CO. The van der Waals surface area contributed by atoms with E-state index in [9.17, 15) is 18.5 Å². The minimum atomic E-state index is -3.87. The van der Waals surface area contributed by atoms with Crippen LogP contribution in [-0.4, -0.2) is 31.1 Å². The summed E-state index contributed by atoms with van der Waals surface area (Å²) in [5.41, 5.74) is 0.107. The van der Waals surface area contributed by atoms with Crippen molar-refractivity contribution < 1.29 is 18.4 Å². The highest BCUT2D eigenvalue weighted by molar-refractivity contribution is 7.89. The molecule has 18 heavy (non-hydrogen) atoms. The van der Waals surface area contributed by atoms with E-state index in [2.05, 4.69) is 4.72 Å². The zero-order valence-corrected chi connectivity index (χ0v) is 10.8. The predicted octanol–water partition coefficient (Wildman–Crippen LogP) is 0.562. The average molecular weight is 274 g/mol. The monoisotopic (exact) mass is 274 g/mol. The summed E-state index contributed by atoms with van der Waals surface area (Å²) >= 11 is 0. The van der Waals surface area contributed by atoms with Crippen molar-refractivity contribution in [1.82, 2.24) is 4.72 Å². The molecule has 0 unspecified atom stereocenters. The van der Waals surface area contributed by atoms with Crippen LogP contribution in [0.3, 0.4) is 0 Å². The van der Waals surface area contributed by atoms with E-state index in [4.69, 9.17) is 5.11 Å². The van der Waals surface area contributed by atoms with Crippen molar-refractivity contribution >= 4 is 15.7 Å². The molecule has 0 saturated heterocycles. The van der Waals surface area contributed by atoms with Crippen molar-refractivity contribution in [3.05, 3.63) is 33.9 Å². The van der Waals surface area contributed by atoms with Gasteiger partial charge in [-0.15, -0.1) is 0 Å². The Morgan fingerprint density at radius 1 is 1.50 bits per heavy atom. The normalized spacial score (nSPS) is 13.3. The fourth-order valence-electron chi connectivity index (χ4n) is 1.36. The summed E-state index contributed by atoms with van der Waals surface area (Å²) in [6, 6.07) is 2.95. The zero-order chi connectivity index (χ0) is 13.9. The van der Waals surface area contributed by atoms with E-state index in [1.807, 2.05) is 0 Å². The van der Waals surface area contributed by atoms with Gasteiger partial charge < -0.3 is 5.11 Å². The van der Waals surface area contributed by atoms with E-state index in [0.717, 1.165) is 6.07 Å². The molecule has 0 saturated carbocycles. The first-order valence-corrected chi connectivity index (χ1v) is 6.64. The number of benzene rings is 1. The number of aliphatic hydroxyl groups is 1. The maximum atomic E-state index is 12.0. The van der Waals surface area contributed by atoms with E-state index < -0.39 is 21.0 Å². The number of nitrogens with zero attached hydrogens (tertiary/aromatic N) is 1. The van der Waals surface area contributed by atoms with Gasteiger partial charge >= 0.3 is 0 Å². The van der Waals surface area contributed by atoms with Crippen LogP contribution in [0, 0.1) is 17.0 Å². The van der Waals surface area contributed by atoms with Gasteiger partial charge in [-0.2, -0.15) is 0 Å². The molecule has 8 heteroatoms. The van der Waals surface area contributed by atoms with Gasteiger partial charge in [-0.1, -0.05) is 6.07 Å². The first kappa shape index (κ1) is 14.6. The largest absolute Gasteiger partial charge is 0.395 e. The Hall–Kier alpha value is -1.51. The lowest BCUT2D eigenvalue weighted by Crippen LogP contribution is -2.35. The molecule has 0 aliphatic rings. The molecule has 1 aromatic carbocycles. The van der Waals surface area contributed by atoms with Gasteiger partial charge in [0.2, 0.25) is 10.0 Å². The third-order valence-electron chi connectivity index (χ3n) is 2.30. The number of aliphatic hydroxyl groups excluding tert-OH is 1. The number of hydrogen-bond acceptors (Lipinski definition) is 5. The number of aryl methyl sites for hydroxylation is 1. The number of sulfonamides is 1. The Balaban J connectivity index is 3.23. The molecule has 1 atom stereocenters. The molecule has 0 spiro atoms. The van der Waals surface area contributed by atoms with Crippen molar-refractivity contribution in [2.45, 2.75) is 24.8 Å². The molecule has 0 heterocycles. The lowest BCUT2D eigenvalue weighted by molar-refractivity contribution is -0.385. The molecule has 7 nitrogen and oxygen atoms in total. The van der Waals surface area contributed by atoms with Gasteiger partial charge in [0.15, 0.2) is 0 Å². The third-order valence-corrected chi connectivity index (χ3v) is 4.03. The summed E-state index contributed by atoms with van der Waals surface area (Å²) in [7, 11) is -3.87. The van der Waals surface area contributed by atoms with Crippen LogP contribution in [0.15, 0.2) is 23.1 Å². The van der Waals surface area contributed by atoms with Crippen LogP contribution in [0.4, 0.5) is 5.69 Å². The van der Waals surface area contributed by atoms with Crippen LogP contribution in [0.25, 0.3) is 0 Å². The number of hydrogen-bond donors (Lipinski definition) is 2. The van der Waals surface area contributed by atoms with Crippen molar-refractivity contribution in [2.24, 2.45) is 0 Å². The fraction of sp³-hybridized carbons (Fsp3) is 0.400. The van der Waals surface area contributed by atoms with Crippen LogP contribution in [0.2, 0.25) is 0 Å². The molecule has 1 rings (SSSR count). The van der Waals surface area contributed by atoms with Crippen LogP contribution >= 0.6 is 0 Å². The second-order valence-electron chi connectivity index (χ2n) is 3.91. The Morgan fingerprint density at radius 3 is 2.61 bits per heavy atom. The van der Waals surface area contributed by atoms with Crippen LogP contribution in [0.5, 0.6) is 0 Å². The Morgan fingerprint density at radius 2 is 2.11 bits per heavy atom. The zero-order valence-electron chi connectivity index (χ0n) is 9.95. The highest BCUT2D eigenvalue weighted by atomic mass is 32.2. The summed E-state index contributed by atoms with van der Waals surface area (Å²) in [5, 5.41) is 19.4. The first-order chi connectivity index (χ1) is 8.27. The standard InChI is InChI=1S/C10H14N2O5S/c1-7-3-4-9(12(14)15)5-10(7)18(16,17)11-8(2)6-13/h3-5,8,11,13H,6H2,1-2H3/t8-/m1/s1. The molecule has 0 aliphatic heterocycles. The Bertz CT molecular complexity index is 555. The molecule has 0 fully saturated rings. The van der Waals surface area contributed by atoms with E-state index in [-0.39, 0.29) is 17.2 Å². The quantitative estimate of drug-likeness (QED) is 0.602. The maximum absolute atomic E-state index is 12.0. The van der Waals surface area contributed by atoms with E-state index in [1.54, 1.807) is 6.92 Å². The van der Waals surface area contributed by atoms with Crippen LogP contribution in [0.1, 0.15) is 12.5 Å². The molecule has 2 N–H and O–H groups in total. The average Bonchev–Trinajstić information content (AvgIpc) is 2.28. The number of nitro groups is 1. The molecule has 0 amide bonds. The first-order valence-electron chi connectivity index (χ1n) is 5.16. The van der Waals surface area contributed by atoms with Gasteiger partial charge in [0, 0.05) is 18.2 Å². The molecule has 0 aromatic heterocycles. The highest BCUT2D eigenvalue weighted by Crippen LogP contribution is 2.21. The lowest BCUT2D eigenvalue weighted by Gasteiger charge is -2.12. The predicted molar refractivity (Wildman–Crippen MR) is 64.7 cm³/mol. The number of nitrogens with one attached hydrogen (secondary N) is 1. The van der Waals surface area contributed by atoms with Gasteiger partial charge in [-0.05, 0) is 19.4 Å². The Labute approximate surface area is 105 Å². The van der Waals surface area contributed by atoms with E-state index in [1.165, 1.54) is 19.1 Å². The second-order valence-corrected chi connectivity index (χ2v) is 5.59. The summed E-state index contributed by atoms with van der Waals surface area (Å²) in [6.45, 7) is 2.68. The molecule has 1 aromatic rings. The maximum Gasteiger partial charge on any atom is 0.270 e. The van der Waals surface area contributed by atoms with Crippen molar-refractivity contribution in [1.29, 1.82) is 0 Å². The lowest BCUT2D eigenvalue weighted by atomic mass is 10.2. The van der Waals surface area contributed by atoms with Crippen molar-refractivity contribution in [3.8, 4) is 0 Å². The van der Waals surface area contributed by atoms with Crippen molar-refractivity contribution in [3.63, 3.8) is 0 Å². The van der Waals surface area contributed by atoms with Crippen LogP contribution < -0.4 is 4.72 Å². The van der Waals surface area contributed by atoms with E-state index >= 15 is 0 Å². The summed E-state index contributed by atoms with van der Waals surface area (Å²) in [4.78, 5) is 9.81. The number of nitro benzene ring substituents is 1. The van der Waals surface area contributed by atoms with Gasteiger partial charge in [0.05, 0.1) is 16.4 Å². The smallest absolute Gasteiger partial charge is 0.270 e.